The maximum absolute atomic E-state index is 10.4. The molecule has 0 amide bonds. The summed E-state index contributed by atoms with van der Waals surface area (Å²) in [4.78, 5) is 19.5. The van der Waals surface area contributed by atoms with E-state index in [9.17, 15) is 4.79 Å². The van der Waals surface area contributed by atoms with Crippen LogP contribution in [0.4, 0.5) is 0 Å². The van der Waals surface area contributed by atoms with Gasteiger partial charge >= 0.3 is 5.97 Å². The molecule has 2 rings (SSSR count). The van der Waals surface area contributed by atoms with Crippen molar-refractivity contribution < 1.29 is 14.7 Å². The third kappa shape index (κ3) is 3.64. The van der Waals surface area contributed by atoms with Gasteiger partial charge in [-0.25, -0.2) is 4.79 Å². The predicted octanol–water partition coefficient (Wildman–Crippen LogP) is 1.94. The van der Waals surface area contributed by atoms with E-state index in [-0.39, 0.29) is 0 Å². The molecule has 0 radical (unpaired) electrons. The fraction of sp³-hybridized carbons (Fsp3) is 0.0714. The summed E-state index contributed by atoms with van der Waals surface area (Å²) in [5.41, 5.74) is 1.94. The molecule has 96 valence electrons. The Morgan fingerprint density at radius 3 is 2.53 bits per heavy atom. The highest BCUT2D eigenvalue weighted by atomic mass is 16.6. The Bertz CT molecular complexity index is 526. The van der Waals surface area contributed by atoms with Crippen molar-refractivity contribution in [2.24, 2.45) is 5.16 Å². The molecule has 0 unspecified atom stereocenters. The van der Waals surface area contributed by atoms with Gasteiger partial charge < -0.3 is 9.94 Å². The predicted molar refractivity (Wildman–Crippen MR) is 69.9 cm³/mol. The minimum absolute atomic E-state index is 0.483. The lowest BCUT2D eigenvalue weighted by Crippen LogP contribution is -2.09. The number of aliphatic carboxylic acids is 1. The number of hydrogen-bond acceptors (Lipinski definition) is 4. The molecule has 0 saturated heterocycles. The Kier molecular flexibility index (Phi) is 4.23. The Balaban J connectivity index is 2.31. The van der Waals surface area contributed by atoms with Crippen molar-refractivity contribution in [1.29, 1.82) is 0 Å². The number of aromatic nitrogens is 1. The average Bonchev–Trinajstić information content (AvgIpc) is 2.45. The molecular formula is C14H12N2O3. The van der Waals surface area contributed by atoms with Crippen LogP contribution in [0, 0.1) is 0 Å². The Morgan fingerprint density at radius 1 is 1.16 bits per heavy atom. The monoisotopic (exact) mass is 256 g/mol. The first-order valence-electron chi connectivity index (χ1n) is 5.66. The summed E-state index contributed by atoms with van der Waals surface area (Å²) in [5.74, 6) is -1.07. The second-order valence-electron chi connectivity index (χ2n) is 3.69. The quantitative estimate of drug-likeness (QED) is 0.655. The van der Waals surface area contributed by atoms with Crippen LogP contribution < -0.4 is 0 Å². The van der Waals surface area contributed by atoms with Crippen LogP contribution in [0.25, 0.3) is 0 Å². The van der Waals surface area contributed by atoms with E-state index in [1.807, 2.05) is 36.4 Å². The van der Waals surface area contributed by atoms with Gasteiger partial charge in [-0.15, -0.1) is 0 Å². The highest BCUT2D eigenvalue weighted by Gasteiger charge is 2.09. The van der Waals surface area contributed by atoms with E-state index in [1.165, 1.54) is 0 Å². The third-order valence-corrected chi connectivity index (χ3v) is 2.30. The smallest absolute Gasteiger partial charge is 0.344 e. The van der Waals surface area contributed by atoms with Gasteiger partial charge in [0.05, 0.1) is 5.69 Å². The zero-order chi connectivity index (χ0) is 13.5. The van der Waals surface area contributed by atoms with Crippen molar-refractivity contribution in [2.75, 3.05) is 6.61 Å². The number of benzene rings is 1. The molecule has 1 aromatic carbocycles. The zero-order valence-electron chi connectivity index (χ0n) is 10.1. The molecule has 5 heteroatoms. The van der Waals surface area contributed by atoms with E-state index in [4.69, 9.17) is 9.94 Å². The van der Waals surface area contributed by atoms with Crippen molar-refractivity contribution >= 4 is 11.7 Å². The van der Waals surface area contributed by atoms with E-state index in [2.05, 4.69) is 10.1 Å². The van der Waals surface area contributed by atoms with E-state index < -0.39 is 12.6 Å². The van der Waals surface area contributed by atoms with Gasteiger partial charge in [-0.1, -0.05) is 41.6 Å². The standard InChI is InChI=1S/C14H12N2O3/c17-13(18)10-19-16-14(11-6-2-1-3-7-11)12-8-4-5-9-15-12/h1-9H,10H2,(H,17,18)/b16-14+. The second kappa shape index (κ2) is 6.30. The van der Waals surface area contributed by atoms with Crippen LogP contribution in [0.15, 0.2) is 59.9 Å². The van der Waals surface area contributed by atoms with Crippen molar-refractivity contribution in [3.63, 3.8) is 0 Å². The van der Waals surface area contributed by atoms with Crippen molar-refractivity contribution in [2.45, 2.75) is 0 Å². The number of nitrogens with zero attached hydrogens (tertiary/aromatic N) is 2. The van der Waals surface area contributed by atoms with Gasteiger partial charge in [0.15, 0.2) is 0 Å². The molecule has 1 aromatic heterocycles. The molecule has 0 bridgehead atoms. The van der Waals surface area contributed by atoms with Gasteiger partial charge in [0.25, 0.3) is 0 Å². The van der Waals surface area contributed by atoms with Crippen molar-refractivity contribution in [3.8, 4) is 0 Å². The normalized spacial score (nSPS) is 11.1. The lowest BCUT2D eigenvalue weighted by atomic mass is 10.1. The molecule has 0 spiro atoms. The number of pyridine rings is 1. The summed E-state index contributed by atoms with van der Waals surface area (Å²) < 4.78 is 0. The lowest BCUT2D eigenvalue weighted by Gasteiger charge is -2.05. The number of oxime groups is 1. The largest absolute Gasteiger partial charge is 0.479 e. The fourth-order valence-corrected chi connectivity index (χ4v) is 1.50. The minimum atomic E-state index is -1.07. The summed E-state index contributed by atoms with van der Waals surface area (Å²) in [6.45, 7) is -0.483. The van der Waals surface area contributed by atoms with Crippen molar-refractivity contribution in [1.82, 2.24) is 4.98 Å². The molecule has 1 N–H and O–H groups in total. The van der Waals surface area contributed by atoms with Gasteiger partial charge in [-0.2, -0.15) is 0 Å². The molecule has 0 aliphatic carbocycles. The number of carbonyl (C=O) groups is 1. The molecule has 5 nitrogen and oxygen atoms in total. The first-order chi connectivity index (χ1) is 9.27. The SMILES string of the molecule is O=C(O)CO/N=C(\c1ccccc1)c1ccccn1. The van der Waals surface area contributed by atoms with E-state index in [0.29, 0.717) is 11.4 Å². The highest BCUT2D eigenvalue weighted by molar-refractivity contribution is 6.11. The van der Waals surface area contributed by atoms with E-state index in [1.54, 1.807) is 18.3 Å². The highest BCUT2D eigenvalue weighted by Crippen LogP contribution is 2.08. The van der Waals surface area contributed by atoms with Crippen molar-refractivity contribution in [3.05, 3.63) is 66.0 Å². The van der Waals surface area contributed by atoms with Crippen LogP contribution in [0.1, 0.15) is 11.3 Å². The Morgan fingerprint density at radius 2 is 1.89 bits per heavy atom. The van der Waals surface area contributed by atoms with Gasteiger partial charge in [-0.3, -0.25) is 4.98 Å². The summed E-state index contributed by atoms with van der Waals surface area (Å²) in [6.07, 6.45) is 1.64. The van der Waals surface area contributed by atoms with Crippen LogP contribution in [-0.2, 0) is 9.63 Å². The molecule has 0 fully saturated rings. The molecule has 0 atom stereocenters. The fourth-order valence-electron chi connectivity index (χ4n) is 1.50. The summed E-state index contributed by atoms with van der Waals surface area (Å²) in [6, 6.07) is 14.8. The molecule has 19 heavy (non-hydrogen) atoms. The van der Waals surface area contributed by atoms with E-state index in [0.717, 1.165) is 5.56 Å². The van der Waals surface area contributed by atoms with Gasteiger partial charge in [0.2, 0.25) is 6.61 Å². The van der Waals surface area contributed by atoms with Crippen LogP contribution in [0.3, 0.4) is 0 Å². The first kappa shape index (κ1) is 12.8. The number of rotatable bonds is 5. The first-order valence-corrected chi connectivity index (χ1v) is 5.66. The average molecular weight is 256 g/mol. The van der Waals surface area contributed by atoms with Crippen LogP contribution in [-0.4, -0.2) is 28.4 Å². The topological polar surface area (TPSA) is 71.8 Å². The molecule has 0 aliphatic rings. The molecule has 0 aliphatic heterocycles. The summed E-state index contributed by atoms with van der Waals surface area (Å²) in [5, 5.41) is 12.4. The molecule has 2 aromatic rings. The number of carboxylic acid groups (broad SMARTS) is 1. The van der Waals surface area contributed by atoms with Gasteiger partial charge in [0, 0.05) is 11.8 Å². The molecule has 1 heterocycles. The number of hydrogen-bond donors (Lipinski definition) is 1. The maximum atomic E-state index is 10.4. The Hall–Kier alpha value is -2.69. The third-order valence-electron chi connectivity index (χ3n) is 2.30. The summed E-state index contributed by atoms with van der Waals surface area (Å²) in [7, 11) is 0. The minimum Gasteiger partial charge on any atom is -0.479 e. The molecule has 0 saturated carbocycles. The summed E-state index contributed by atoms with van der Waals surface area (Å²) >= 11 is 0. The van der Waals surface area contributed by atoms with Gasteiger partial charge in [0.1, 0.15) is 5.71 Å². The Labute approximate surface area is 110 Å². The maximum Gasteiger partial charge on any atom is 0.344 e. The van der Waals surface area contributed by atoms with Crippen LogP contribution in [0.5, 0.6) is 0 Å². The lowest BCUT2D eigenvalue weighted by molar-refractivity contribution is -0.142. The van der Waals surface area contributed by atoms with E-state index >= 15 is 0 Å². The van der Waals surface area contributed by atoms with Gasteiger partial charge in [-0.05, 0) is 12.1 Å². The number of carboxylic acids is 1. The molecular weight excluding hydrogens is 244 g/mol. The zero-order valence-corrected chi connectivity index (χ0v) is 10.1. The second-order valence-corrected chi connectivity index (χ2v) is 3.69. The van der Waals surface area contributed by atoms with Crippen LogP contribution in [0.2, 0.25) is 0 Å². The van der Waals surface area contributed by atoms with Crippen LogP contribution >= 0.6 is 0 Å².